The molecule has 0 aliphatic rings. The molecule has 0 saturated heterocycles. The number of thiophene rings is 1. The molecule has 3 aromatic rings. The van der Waals surface area contributed by atoms with Crippen LogP contribution in [0.4, 0.5) is 0 Å². The van der Waals surface area contributed by atoms with Crippen LogP contribution in [0.5, 0.6) is 11.5 Å². The number of carbonyl (C=O) groups excluding carboxylic acids is 1. The van der Waals surface area contributed by atoms with Crippen LogP contribution in [0.25, 0.3) is 0 Å². The summed E-state index contributed by atoms with van der Waals surface area (Å²) in [6, 6.07) is 13.5. The van der Waals surface area contributed by atoms with Gasteiger partial charge in [0.1, 0.15) is 0 Å². The Hall–Kier alpha value is -2.53. The Morgan fingerprint density at radius 2 is 1.81 bits per heavy atom. The van der Waals surface area contributed by atoms with Gasteiger partial charge in [-0.15, -0.1) is 11.3 Å². The van der Waals surface area contributed by atoms with E-state index in [0.717, 1.165) is 17.9 Å². The number of ether oxygens (including phenoxy) is 2. The van der Waals surface area contributed by atoms with Crippen LogP contribution < -0.4 is 9.47 Å². The Kier molecular flexibility index (Phi) is 5.78. The SMILES string of the molecule is CCOc1ccccc1OCC(=O)c1cc(C)n(Cc2cccs2)c1C. The van der Waals surface area contributed by atoms with E-state index in [0.29, 0.717) is 23.7 Å². The van der Waals surface area contributed by atoms with Gasteiger partial charge in [-0.1, -0.05) is 18.2 Å². The fourth-order valence-electron chi connectivity index (χ4n) is 2.95. The lowest BCUT2D eigenvalue weighted by molar-refractivity contribution is 0.0918. The van der Waals surface area contributed by atoms with E-state index < -0.39 is 0 Å². The van der Waals surface area contributed by atoms with Gasteiger partial charge in [-0.25, -0.2) is 0 Å². The van der Waals surface area contributed by atoms with E-state index in [4.69, 9.17) is 9.47 Å². The van der Waals surface area contributed by atoms with Crippen molar-refractivity contribution < 1.29 is 14.3 Å². The Bertz CT molecular complexity index is 881. The zero-order valence-corrected chi connectivity index (χ0v) is 16.1. The van der Waals surface area contributed by atoms with Crippen molar-refractivity contribution >= 4 is 17.1 Å². The maximum absolute atomic E-state index is 12.7. The fourth-order valence-corrected chi connectivity index (χ4v) is 3.64. The minimum Gasteiger partial charge on any atom is -0.490 e. The van der Waals surface area contributed by atoms with Crippen molar-refractivity contribution in [2.75, 3.05) is 13.2 Å². The van der Waals surface area contributed by atoms with Gasteiger partial charge in [0.15, 0.2) is 18.1 Å². The summed E-state index contributed by atoms with van der Waals surface area (Å²) in [7, 11) is 0. The zero-order valence-electron chi connectivity index (χ0n) is 15.3. The van der Waals surface area contributed by atoms with Crippen LogP contribution in [-0.4, -0.2) is 23.6 Å². The highest BCUT2D eigenvalue weighted by Crippen LogP contribution is 2.27. The van der Waals surface area contributed by atoms with Crippen molar-refractivity contribution in [2.45, 2.75) is 27.3 Å². The van der Waals surface area contributed by atoms with Crippen LogP contribution in [-0.2, 0) is 6.54 Å². The van der Waals surface area contributed by atoms with Crippen LogP contribution in [0.2, 0.25) is 0 Å². The molecule has 0 atom stereocenters. The molecule has 0 aliphatic heterocycles. The molecule has 5 heteroatoms. The number of aryl methyl sites for hydroxylation is 1. The van der Waals surface area contributed by atoms with Gasteiger partial charge in [0.25, 0.3) is 0 Å². The highest BCUT2D eigenvalue weighted by atomic mass is 32.1. The van der Waals surface area contributed by atoms with Crippen LogP contribution in [0.1, 0.15) is 33.5 Å². The maximum Gasteiger partial charge on any atom is 0.202 e. The summed E-state index contributed by atoms with van der Waals surface area (Å²) in [5.74, 6) is 1.22. The van der Waals surface area contributed by atoms with Crippen molar-refractivity contribution in [1.82, 2.24) is 4.57 Å². The van der Waals surface area contributed by atoms with Gasteiger partial charge in [-0.05, 0) is 50.4 Å². The number of aromatic nitrogens is 1. The minimum absolute atomic E-state index is 0.00656. The number of nitrogens with zero attached hydrogens (tertiary/aromatic N) is 1. The Labute approximate surface area is 158 Å². The summed E-state index contributed by atoms with van der Waals surface area (Å²) >= 11 is 1.72. The second-order valence-electron chi connectivity index (χ2n) is 6.04. The summed E-state index contributed by atoms with van der Waals surface area (Å²) < 4.78 is 13.4. The number of hydrogen-bond acceptors (Lipinski definition) is 4. The van der Waals surface area contributed by atoms with Crippen LogP contribution >= 0.6 is 11.3 Å². The first kappa shape index (κ1) is 18.3. The average molecular weight is 369 g/mol. The van der Waals surface area contributed by atoms with Crippen LogP contribution in [0, 0.1) is 13.8 Å². The molecule has 26 heavy (non-hydrogen) atoms. The van der Waals surface area contributed by atoms with Gasteiger partial charge < -0.3 is 14.0 Å². The molecule has 0 saturated carbocycles. The first-order chi connectivity index (χ1) is 12.6. The topological polar surface area (TPSA) is 40.5 Å². The Balaban J connectivity index is 1.73. The first-order valence-corrected chi connectivity index (χ1v) is 9.55. The molecular weight excluding hydrogens is 346 g/mol. The largest absolute Gasteiger partial charge is 0.490 e. The molecule has 136 valence electrons. The molecule has 4 nitrogen and oxygen atoms in total. The maximum atomic E-state index is 12.7. The van der Waals surface area contributed by atoms with Gasteiger partial charge in [-0.3, -0.25) is 4.79 Å². The van der Waals surface area contributed by atoms with Gasteiger partial charge in [0, 0.05) is 21.8 Å². The summed E-state index contributed by atoms with van der Waals surface area (Å²) in [5.41, 5.74) is 2.77. The molecule has 0 N–H and O–H groups in total. The Morgan fingerprint density at radius 3 is 2.46 bits per heavy atom. The monoisotopic (exact) mass is 369 g/mol. The van der Waals surface area contributed by atoms with E-state index in [1.165, 1.54) is 4.88 Å². The lowest BCUT2D eigenvalue weighted by atomic mass is 10.1. The summed E-state index contributed by atoms with van der Waals surface area (Å²) in [5, 5.41) is 2.07. The number of para-hydroxylation sites is 2. The third kappa shape index (κ3) is 3.99. The quantitative estimate of drug-likeness (QED) is 0.532. The molecule has 2 heterocycles. The molecule has 0 aliphatic carbocycles. The lowest BCUT2D eigenvalue weighted by Crippen LogP contribution is -2.13. The van der Waals surface area contributed by atoms with E-state index in [2.05, 4.69) is 16.0 Å². The van der Waals surface area contributed by atoms with Crippen LogP contribution in [0.3, 0.4) is 0 Å². The molecule has 2 aromatic heterocycles. The number of rotatable bonds is 8. The third-order valence-electron chi connectivity index (χ3n) is 4.28. The summed E-state index contributed by atoms with van der Waals surface area (Å²) in [6.07, 6.45) is 0. The molecule has 3 rings (SSSR count). The summed E-state index contributed by atoms with van der Waals surface area (Å²) in [6.45, 7) is 7.28. The molecule has 0 radical (unpaired) electrons. The van der Waals surface area contributed by atoms with E-state index in [1.807, 2.05) is 57.2 Å². The average Bonchev–Trinajstić information content (AvgIpc) is 3.25. The number of benzene rings is 1. The molecule has 1 aromatic carbocycles. The normalized spacial score (nSPS) is 10.7. The lowest BCUT2D eigenvalue weighted by Gasteiger charge is -2.11. The fraction of sp³-hybridized carbons (Fsp3) is 0.286. The molecular formula is C21H23NO3S. The molecule has 0 fully saturated rings. The number of carbonyl (C=O) groups is 1. The minimum atomic E-state index is -0.0261. The second-order valence-corrected chi connectivity index (χ2v) is 7.07. The summed E-state index contributed by atoms with van der Waals surface area (Å²) in [4.78, 5) is 14.0. The molecule has 0 unspecified atom stereocenters. The third-order valence-corrected chi connectivity index (χ3v) is 5.14. The van der Waals surface area contributed by atoms with Gasteiger partial charge in [0.2, 0.25) is 5.78 Å². The predicted octanol–water partition coefficient (Wildman–Crippen LogP) is 4.88. The molecule has 0 amide bonds. The standard InChI is InChI=1S/C21H23NO3S/c1-4-24-20-9-5-6-10-21(20)25-14-19(23)18-12-15(2)22(16(18)3)13-17-8-7-11-26-17/h5-12H,4,13-14H2,1-3H3. The van der Waals surface area contributed by atoms with E-state index in [-0.39, 0.29) is 12.4 Å². The predicted molar refractivity (Wildman–Crippen MR) is 105 cm³/mol. The number of ketones is 1. The molecule has 0 spiro atoms. The van der Waals surface area contributed by atoms with Crippen molar-refractivity contribution in [3.05, 3.63) is 69.7 Å². The van der Waals surface area contributed by atoms with Gasteiger partial charge in [0.05, 0.1) is 13.2 Å². The van der Waals surface area contributed by atoms with Gasteiger partial charge in [-0.2, -0.15) is 0 Å². The van der Waals surface area contributed by atoms with Gasteiger partial charge >= 0.3 is 0 Å². The number of Topliss-reactive ketones (excluding diaryl/α,β-unsaturated/α-hetero) is 1. The molecule has 0 bridgehead atoms. The Morgan fingerprint density at radius 1 is 1.08 bits per heavy atom. The van der Waals surface area contributed by atoms with Crippen LogP contribution in [0.15, 0.2) is 47.8 Å². The van der Waals surface area contributed by atoms with Crippen molar-refractivity contribution in [2.24, 2.45) is 0 Å². The highest BCUT2D eigenvalue weighted by Gasteiger charge is 2.17. The van der Waals surface area contributed by atoms with E-state index >= 15 is 0 Å². The van der Waals surface area contributed by atoms with E-state index in [9.17, 15) is 4.79 Å². The van der Waals surface area contributed by atoms with Crippen molar-refractivity contribution in [3.8, 4) is 11.5 Å². The van der Waals surface area contributed by atoms with E-state index in [1.54, 1.807) is 11.3 Å². The second kappa shape index (κ2) is 8.23. The van der Waals surface area contributed by atoms with Crippen molar-refractivity contribution in [3.63, 3.8) is 0 Å². The number of hydrogen-bond donors (Lipinski definition) is 0. The zero-order chi connectivity index (χ0) is 18.5. The van der Waals surface area contributed by atoms with Crippen molar-refractivity contribution in [1.29, 1.82) is 0 Å². The first-order valence-electron chi connectivity index (χ1n) is 8.67. The smallest absolute Gasteiger partial charge is 0.202 e. The highest BCUT2D eigenvalue weighted by molar-refractivity contribution is 7.09.